The molecule has 1 fully saturated rings. The van der Waals surface area contributed by atoms with Crippen LogP contribution < -0.4 is 10.1 Å². The van der Waals surface area contributed by atoms with Crippen molar-refractivity contribution in [1.82, 2.24) is 25.0 Å². The third-order valence-electron chi connectivity index (χ3n) is 5.60. The lowest BCUT2D eigenvalue weighted by molar-refractivity contribution is -0.121. The van der Waals surface area contributed by atoms with Crippen LogP contribution in [0, 0.1) is 4.77 Å². The highest BCUT2D eigenvalue weighted by atomic mass is 32.1. The zero-order valence-corrected chi connectivity index (χ0v) is 18.5. The standard InChI is InChI=1S/C23H27N5O2S/c1-30-20-10-8-17(9-11-20)22-25-26-23(31)28(22)16-21(29)24-14-18-6-2-3-7-19(18)15-27-12-4-5-13-27/h2-3,6-11H,4-5,12-16H2,1H3,(H,24,29)(H,26,31). The van der Waals surface area contributed by atoms with E-state index in [1.807, 2.05) is 30.3 Å². The molecule has 8 heteroatoms. The molecule has 31 heavy (non-hydrogen) atoms. The van der Waals surface area contributed by atoms with Crippen molar-refractivity contribution >= 4 is 18.1 Å². The van der Waals surface area contributed by atoms with Gasteiger partial charge < -0.3 is 10.1 Å². The van der Waals surface area contributed by atoms with Crippen LogP contribution in [-0.2, 0) is 24.4 Å². The highest BCUT2D eigenvalue weighted by molar-refractivity contribution is 7.71. The Morgan fingerprint density at radius 1 is 1.13 bits per heavy atom. The molecule has 1 aromatic heterocycles. The summed E-state index contributed by atoms with van der Waals surface area (Å²) >= 11 is 5.35. The van der Waals surface area contributed by atoms with Gasteiger partial charge in [-0.1, -0.05) is 24.3 Å². The molecule has 0 atom stereocenters. The zero-order chi connectivity index (χ0) is 21.6. The molecule has 0 unspecified atom stereocenters. The van der Waals surface area contributed by atoms with Crippen LogP contribution in [0.25, 0.3) is 11.4 Å². The number of hydrogen-bond donors (Lipinski definition) is 2. The second-order valence-electron chi connectivity index (χ2n) is 7.70. The van der Waals surface area contributed by atoms with Crippen molar-refractivity contribution in [2.45, 2.75) is 32.5 Å². The Kier molecular flexibility index (Phi) is 6.79. The Labute approximate surface area is 187 Å². The number of nitrogens with zero attached hydrogens (tertiary/aromatic N) is 3. The highest BCUT2D eigenvalue weighted by Gasteiger charge is 2.15. The van der Waals surface area contributed by atoms with Crippen LogP contribution in [0.3, 0.4) is 0 Å². The summed E-state index contributed by atoms with van der Waals surface area (Å²) in [5.41, 5.74) is 3.27. The van der Waals surface area contributed by atoms with E-state index in [0.717, 1.165) is 36.5 Å². The Balaban J connectivity index is 1.42. The number of aromatic amines is 1. The SMILES string of the molecule is COc1ccc(-c2n[nH]c(=S)n2CC(=O)NCc2ccccc2CN2CCCC2)cc1. The Morgan fingerprint density at radius 2 is 1.84 bits per heavy atom. The number of rotatable bonds is 8. The molecule has 3 aromatic rings. The van der Waals surface area contributed by atoms with Crippen LogP contribution in [0.15, 0.2) is 48.5 Å². The van der Waals surface area contributed by atoms with Gasteiger partial charge >= 0.3 is 0 Å². The maximum Gasteiger partial charge on any atom is 0.240 e. The van der Waals surface area contributed by atoms with Gasteiger partial charge in [-0.2, -0.15) is 5.10 Å². The molecule has 4 rings (SSSR count). The monoisotopic (exact) mass is 437 g/mol. The molecular formula is C23H27N5O2S. The average molecular weight is 438 g/mol. The molecule has 1 aliphatic heterocycles. The fraction of sp³-hybridized carbons (Fsp3) is 0.348. The summed E-state index contributed by atoms with van der Waals surface area (Å²) in [5.74, 6) is 1.27. The molecule has 0 spiro atoms. The summed E-state index contributed by atoms with van der Waals surface area (Å²) in [4.78, 5) is 15.2. The quantitative estimate of drug-likeness (QED) is 0.528. The minimum Gasteiger partial charge on any atom is -0.497 e. The summed E-state index contributed by atoms with van der Waals surface area (Å²) < 4.78 is 7.33. The molecule has 0 radical (unpaired) electrons. The molecule has 1 aliphatic rings. The largest absolute Gasteiger partial charge is 0.497 e. The summed E-state index contributed by atoms with van der Waals surface area (Å²) in [6, 6.07) is 15.8. The maximum absolute atomic E-state index is 12.7. The van der Waals surface area contributed by atoms with E-state index in [1.54, 1.807) is 11.7 Å². The molecule has 2 N–H and O–H groups in total. The first kappa shape index (κ1) is 21.3. The van der Waals surface area contributed by atoms with Crippen molar-refractivity contribution in [3.05, 3.63) is 64.4 Å². The maximum atomic E-state index is 12.7. The summed E-state index contributed by atoms with van der Waals surface area (Å²) in [5, 5.41) is 10.1. The molecule has 1 amide bonds. The first-order chi connectivity index (χ1) is 15.1. The fourth-order valence-corrected chi connectivity index (χ4v) is 4.08. The highest BCUT2D eigenvalue weighted by Crippen LogP contribution is 2.21. The summed E-state index contributed by atoms with van der Waals surface area (Å²) in [6.07, 6.45) is 2.53. The number of likely N-dealkylation sites (tertiary alicyclic amines) is 1. The molecule has 0 saturated carbocycles. The molecule has 2 aromatic carbocycles. The van der Waals surface area contributed by atoms with Gasteiger partial charge in [-0.05, 0) is 73.5 Å². The van der Waals surface area contributed by atoms with Crippen molar-refractivity contribution in [3.8, 4) is 17.1 Å². The molecule has 0 aliphatic carbocycles. The topological polar surface area (TPSA) is 75.2 Å². The van der Waals surface area contributed by atoms with Gasteiger partial charge in [0.2, 0.25) is 5.91 Å². The third-order valence-corrected chi connectivity index (χ3v) is 5.91. The van der Waals surface area contributed by atoms with E-state index in [1.165, 1.54) is 18.4 Å². The molecule has 0 bridgehead atoms. The molecule has 1 saturated heterocycles. The van der Waals surface area contributed by atoms with E-state index in [0.29, 0.717) is 17.1 Å². The van der Waals surface area contributed by atoms with Gasteiger partial charge in [-0.25, -0.2) is 0 Å². The Hall–Kier alpha value is -2.97. The molecule has 2 heterocycles. The second kappa shape index (κ2) is 9.89. The smallest absolute Gasteiger partial charge is 0.240 e. The lowest BCUT2D eigenvalue weighted by Gasteiger charge is -2.18. The van der Waals surface area contributed by atoms with E-state index in [-0.39, 0.29) is 12.5 Å². The van der Waals surface area contributed by atoms with E-state index < -0.39 is 0 Å². The number of hydrogen-bond acceptors (Lipinski definition) is 5. The number of amides is 1. The Morgan fingerprint density at radius 3 is 2.55 bits per heavy atom. The average Bonchev–Trinajstić information content (AvgIpc) is 3.43. The van der Waals surface area contributed by atoms with Crippen LogP contribution in [0.1, 0.15) is 24.0 Å². The number of carbonyl (C=O) groups is 1. The van der Waals surface area contributed by atoms with Gasteiger partial charge in [0.25, 0.3) is 0 Å². The lowest BCUT2D eigenvalue weighted by Crippen LogP contribution is -2.28. The predicted molar refractivity (Wildman–Crippen MR) is 122 cm³/mol. The van der Waals surface area contributed by atoms with Crippen LogP contribution in [0.4, 0.5) is 0 Å². The van der Waals surface area contributed by atoms with Crippen LogP contribution >= 0.6 is 12.2 Å². The lowest BCUT2D eigenvalue weighted by atomic mass is 10.1. The van der Waals surface area contributed by atoms with Crippen LogP contribution in [-0.4, -0.2) is 45.8 Å². The van der Waals surface area contributed by atoms with Gasteiger partial charge in [0.05, 0.1) is 7.11 Å². The Bertz CT molecular complexity index is 1080. The van der Waals surface area contributed by atoms with Gasteiger partial charge in [-0.15, -0.1) is 0 Å². The zero-order valence-electron chi connectivity index (χ0n) is 17.6. The van der Waals surface area contributed by atoms with Gasteiger partial charge in [0.15, 0.2) is 10.6 Å². The molecule has 162 valence electrons. The van der Waals surface area contributed by atoms with Crippen LogP contribution in [0.2, 0.25) is 0 Å². The van der Waals surface area contributed by atoms with Crippen molar-refractivity contribution in [2.75, 3.05) is 20.2 Å². The number of H-pyrrole nitrogens is 1. The minimum atomic E-state index is -0.108. The van der Waals surface area contributed by atoms with Crippen molar-refractivity contribution in [3.63, 3.8) is 0 Å². The number of aromatic nitrogens is 3. The number of ether oxygens (including phenoxy) is 1. The number of benzene rings is 2. The minimum absolute atomic E-state index is 0.102. The normalized spacial score (nSPS) is 14.0. The van der Waals surface area contributed by atoms with E-state index in [2.05, 4.69) is 38.6 Å². The number of carbonyl (C=O) groups excluding carboxylic acids is 1. The first-order valence-corrected chi connectivity index (χ1v) is 10.9. The third kappa shape index (κ3) is 5.21. The second-order valence-corrected chi connectivity index (χ2v) is 8.08. The van der Waals surface area contributed by atoms with Gasteiger partial charge in [0.1, 0.15) is 12.3 Å². The summed E-state index contributed by atoms with van der Waals surface area (Å²) in [6.45, 7) is 3.82. The van der Waals surface area contributed by atoms with Crippen molar-refractivity contribution in [2.24, 2.45) is 0 Å². The van der Waals surface area contributed by atoms with E-state index >= 15 is 0 Å². The fourth-order valence-electron chi connectivity index (χ4n) is 3.88. The van der Waals surface area contributed by atoms with Gasteiger partial charge in [-0.3, -0.25) is 19.4 Å². The number of nitrogens with one attached hydrogen (secondary N) is 2. The van der Waals surface area contributed by atoms with E-state index in [9.17, 15) is 4.79 Å². The van der Waals surface area contributed by atoms with Crippen molar-refractivity contribution < 1.29 is 9.53 Å². The molecular weight excluding hydrogens is 410 g/mol. The van der Waals surface area contributed by atoms with Crippen LogP contribution in [0.5, 0.6) is 5.75 Å². The summed E-state index contributed by atoms with van der Waals surface area (Å²) in [7, 11) is 1.62. The number of methoxy groups -OCH3 is 1. The molecule has 7 nitrogen and oxygen atoms in total. The van der Waals surface area contributed by atoms with Crippen molar-refractivity contribution in [1.29, 1.82) is 0 Å². The first-order valence-electron chi connectivity index (χ1n) is 10.5. The predicted octanol–water partition coefficient (Wildman–Crippen LogP) is 3.53. The van der Waals surface area contributed by atoms with Gasteiger partial charge in [0, 0.05) is 18.7 Å². The van der Waals surface area contributed by atoms with E-state index in [4.69, 9.17) is 17.0 Å².